The molecule has 2 aromatic rings. The molecule has 1 unspecified atom stereocenters. The summed E-state index contributed by atoms with van der Waals surface area (Å²) in [6.45, 7) is 12.5. The third-order valence-corrected chi connectivity index (χ3v) is 5.91. The molecule has 1 aromatic carbocycles. The van der Waals surface area contributed by atoms with Gasteiger partial charge in [0.05, 0.1) is 5.69 Å². The lowest BCUT2D eigenvalue weighted by atomic mass is 9.98. The Morgan fingerprint density at radius 3 is 2.54 bits per heavy atom. The molecule has 4 nitrogen and oxygen atoms in total. The number of hydrogen-bond acceptors (Lipinski definition) is 4. The van der Waals surface area contributed by atoms with Gasteiger partial charge in [-0.05, 0) is 70.7 Å². The van der Waals surface area contributed by atoms with Gasteiger partial charge in [0.2, 0.25) is 0 Å². The van der Waals surface area contributed by atoms with Crippen LogP contribution in [0.4, 0.5) is 10.2 Å². The van der Waals surface area contributed by atoms with E-state index in [2.05, 4.69) is 47.9 Å². The Morgan fingerprint density at radius 2 is 1.89 bits per heavy atom. The van der Waals surface area contributed by atoms with Crippen LogP contribution >= 0.6 is 0 Å². The van der Waals surface area contributed by atoms with Gasteiger partial charge in [0.15, 0.2) is 0 Å². The number of allylic oxidation sites excluding steroid dienone is 2. The maximum atomic E-state index is 13.5. The minimum atomic E-state index is -0.165. The number of nitrogens with zero attached hydrogens (tertiary/aromatic N) is 3. The zero-order chi connectivity index (χ0) is 20.3. The largest absolute Gasteiger partial charge is 0.367 e. The summed E-state index contributed by atoms with van der Waals surface area (Å²) in [5.74, 6) is 0.769. The van der Waals surface area contributed by atoms with Crippen molar-refractivity contribution in [2.45, 2.75) is 59.5 Å². The molecule has 0 amide bonds. The SMILES string of the molecule is CC(C)=C(C)c1c(C)ncnc1NC1CCN(C(C)c2cccc(F)c2)CC1. The highest BCUT2D eigenvalue weighted by Gasteiger charge is 2.25. The minimum Gasteiger partial charge on any atom is -0.367 e. The molecule has 150 valence electrons. The summed E-state index contributed by atoms with van der Waals surface area (Å²) in [6.07, 6.45) is 3.71. The van der Waals surface area contributed by atoms with Crippen molar-refractivity contribution in [1.29, 1.82) is 0 Å². The van der Waals surface area contributed by atoms with Gasteiger partial charge in [-0.15, -0.1) is 0 Å². The molecule has 1 atom stereocenters. The molecule has 1 fully saturated rings. The topological polar surface area (TPSA) is 41.1 Å². The summed E-state index contributed by atoms with van der Waals surface area (Å²) in [6, 6.07) is 7.56. The monoisotopic (exact) mass is 382 g/mol. The van der Waals surface area contributed by atoms with E-state index >= 15 is 0 Å². The molecule has 0 bridgehead atoms. The molecule has 1 aliphatic rings. The van der Waals surface area contributed by atoms with Crippen molar-refractivity contribution >= 4 is 11.4 Å². The lowest BCUT2D eigenvalue weighted by Crippen LogP contribution is -2.40. The van der Waals surface area contributed by atoms with Crippen LogP contribution < -0.4 is 5.32 Å². The van der Waals surface area contributed by atoms with E-state index in [4.69, 9.17) is 0 Å². The Hall–Kier alpha value is -2.27. The second kappa shape index (κ2) is 8.82. The molecule has 0 spiro atoms. The maximum absolute atomic E-state index is 13.5. The van der Waals surface area contributed by atoms with Gasteiger partial charge in [0.25, 0.3) is 0 Å². The Kier molecular flexibility index (Phi) is 6.45. The molecule has 0 saturated carbocycles. The molecule has 28 heavy (non-hydrogen) atoms. The zero-order valence-electron chi connectivity index (χ0n) is 17.6. The fraction of sp³-hybridized carbons (Fsp3) is 0.478. The number of halogens is 1. The first-order valence-electron chi connectivity index (χ1n) is 10.1. The van der Waals surface area contributed by atoms with Crippen LogP contribution in [-0.4, -0.2) is 34.0 Å². The van der Waals surface area contributed by atoms with E-state index in [-0.39, 0.29) is 11.9 Å². The van der Waals surface area contributed by atoms with Crippen LogP contribution in [0.1, 0.15) is 63.4 Å². The molecule has 5 heteroatoms. The quantitative estimate of drug-likeness (QED) is 0.754. The predicted molar refractivity (Wildman–Crippen MR) is 114 cm³/mol. The normalized spacial score (nSPS) is 16.6. The van der Waals surface area contributed by atoms with Crippen LogP contribution in [0, 0.1) is 12.7 Å². The molecule has 1 aromatic heterocycles. The van der Waals surface area contributed by atoms with Crippen molar-refractivity contribution < 1.29 is 4.39 Å². The van der Waals surface area contributed by atoms with E-state index in [9.17, 15) is 4.39 Å². The Bertz CT molecular complexity index is 849. The van der Waals surface area contributed by atoms with Crippen molar-refractivity contribution in [3.05, 3.63) is 58.8 Å². The van der Waals surface area contributed by atoms with Crippen molar-refractivity contribution in [3.63, 3.8) is 0 Å². The van der Waals surface area contributed by atoms with Crippen LogP contribution in [0.5, 0.6) is 0 Å². The maximum Gasteiger partial charge on any atom is 0.137 e. The smallest absolute Gasteiger partial charge is 0.137 e. The molecule has 2 heterocycles. The third kappa shape index (κ3) is 4.58. The van der Waals surface area contributed by atoms with Crippen molar-refractivity contribution in [3.8, 4) is 0 Å². The molecular weight excluding hydrogens is 351 g/mol. The number of aryl methyl sites for hydroxylation is 1. The van der Waals surface area contributed by atoms with Gasteiger partial charge < -0.3 is 5.32 Å². The van der Waals surface area contributed by atoms with Gasteiger partial charge in [0, 0.05) is 30.7 Å². The van der Waals surface area contributed by atoms with Crippen LogP contribution in [0.3, 0.4) is 0 Å². The van der Waals surface area contributed by atoms with E-state index < -0.39 is 0 Å². The summed E-state index contributed by atoms with van der Waals surface area (Å²) < 4.78 is 13.5. The molecule has 1 saturated heterocycles. The van der Waals surface area contributed by atoms with Crippen molar-refractivity contribution in [2.24, 2.45) is 0 Å². The number of anilines is 1. The number of likely N-dealkylation sites (tertiary alicyclic amines) is 1. The summed E-state index contributed by atoms with van der Waals surface area (Å²) >= 11 is 0. The number of piperidine rings is 1. The number of benzene rings is 1. The fourth-order valence-corrected chi connectivity index (χ4v) is 3.88. The molecular formula is C23H31FN4. The molecule has 0 radical (unpaired) electrons. The lowest BCUT2D eigenvalue weighted by Gasteiger charge is -2.37. The average molecular weight is 383 g/mol. The highest BCUT2D eigenvalue weighted by molar-refractivity contribution is 5.76. The van der Waals surface area contributed by atoms with Crippen LogP contribution in [0.2, 0.25) is 0 Å². The van der Waals surface area contributed by atoms with Gasteiger partial charge in [-0.2, -0.15) is 0 Å². The standard InChI is InChI=1S/C23H31FN4/c1-15(2)16(3)22-17(4)25-14-26-23(22)27-21-9-11-28(12-10-21)18(5)19-7-6-8-20(24)13-19/h6-8,13-14,18,21H,9-12H2,1-5H3,(H,25,26,27). The van der Waals surface area contributed by atoms with Crippen molar-refractivity contribution in [2.75, 3.05) is 18.4 Å². The van der Waals surface area contributed by atoms with E-state index in [1.807, 2.05) is 13.0 Å². The Balaban J connectivity index is 1.67. The van der Waals surface area contributed by atoms with Gasteiger partial charge in [-0.25, -0.2) is 14.4 Å². The zero-order valence-corrected chi connectivity index (χ0v) is 17.6. The number of aromatic nitrogens is 2. The predicted octanol–water partition coefficient (Wildman–Crippen LogP) is 5.37. The van der Waals surface area contributed by atoms with Gasteiger partial charge >= 0.3 is 0 Å². The van der Waals surface area contributed by atoms with Crippen molar-refractivity contribution in [1.82, 2.24) is 14.9 Å². The molecule has 3 rings (SSSR count). The molecule has 1 aliphatic heterocycles. The Labute approximate surface area is 167 Å². The number of rotatable bonds is 5. The van der Waals surface area contributed by atoms with Crippen LogP contribution in [0.15, 0.2) is 36.2 Å². The summed E-state index contributed by atoms with van der Waals surface area (Å²) in [5.41, 5.74) is 5.68. The Morgan fingerprint density at radius 1 is 1.18 bits per heavy atom. The van der Waals surface area contributed by atoms with Gasteiger partial charge in [-0.1, -0.05) is 17.7 Å². The van der Waals surface area contributed by atoms with Gasteiger partial charge in [0.1, 0.15) is 18.0 Å². The summed E-state index contributed by atoms with van der Waals surface area (Å²) in [7, 11) is 0. The first-order chi connectivity index (χ1) is 13.4. The summed E-state index contributed by atoms with van der Waals surface area (Å²) in [4.78, 5) is 11.4. The number of nitrogens with one attached hydrogen (secondary N) is 1. The highest BCUT2D eigenvalue weighted by atomic mass is 19.1. The van der Waals surface area contributed by atoms with E-state index in [0.717, 1.165) is 48.6 Å². The first-order valence-corrected chi connectivity index (χ1v) is 10.1. The van der Waals surface area contributed by atoms with E-state index in [1.165, 1.54) is 17.2 Å². The van der Waals surface area contributed by atoms with E-state index in [0.29, 0.717) is 6.04 Å². The van der Waals surface area contributed by atoms with Gasteiger partial charge in [-0.3, -0.25) is 4.90 Å². The highest BCUT2D eigenvalue weighted by Crippen LogP contribution is 2.29. The minimum absolute atomic E-state index is 0.165. The number of hydrogen-bond donors (Lipinski definition) is 1. The fourth-order valence-electron chi connectivity index (χ4n) is 3.88. The second-order valence-electron chi connectivity index (χ2n) is 7.99. The van der Waals surface area contributed by atoms with Crippen LogP contribution in [0.25, 0.3) is 5.57 Å². The second-order valence-corrected chi connectivity index (χ2v) is 7.99. The third-order valence-electron chi connectivity index (χ3n) is 5.91. The summed E-state index contributed by atoms with van der Waals surface area (Å²) in [5, 5.41) is 3.66. The van der Waals surface area contributed by atoms with E-state index in [1.54, 1.807) is 18.5 Å². The lowest BCUT2D eigenvalue weighted by molar-refractivity contribution is 0.167. The first kappa shape index (κ1) is 20.5. The molecule has 1 N–H and O–H groups in total. The molecule has 0 aliphatic carbocycles. The average Bonchev–Trinajstić information content (AvgIpc) is 2.67. The van der Waals surface area contributed by atoms with Crippen LogP contribution in [-0.2, 0) is 0 Å².